The number of nitrogens with one attached hydrogen (secondary N) is 2. The summed E-state index contributed by atoms with van der Waals surface area (Å²) in [7, 11) is 3.69. The maximum absolute atomic E-state index is 9.73. The van der Waals surface area contributed by atoms with Crippen LogP contribution in [0, 0.1) is 0 Å². The van der Waals surface area contributed by atoms with Crippen LogP contribution in [0.25, 0.3) is 0 Å². The van der Waals surface area contributed by atoms with Gasteiger partial charge in [0.15, 0.2) is 0 Å². The van der Waals surface area contributed by atoms with Gasteiger partial charge in [-0.2, -0.15) is 0 Å². The maximum Gasteiger partial charge on any atom is 0.0940 e. The van der Waals surface area contributed by atoms with Gasteiger partial charge in [0, 0.05) is 12.1 Å². The topological polar surface area (TPSA) is 64.5 Å². The molecule has 0 aliphatic carbocycles. The van der Waals surface area contributed by atoms with E-state index in [0.717, 1.165) is 11.1 Å². The third kappa shape index (κ3) is 6.42. The molecule has 2 aromatic carbocycles. The van der Waals surface area contributed by atoms with Crippen LogP contribution in [0.5, 0.6) is 0 Å². The van der Waals surface area contributed by atoms with Gasteiger partial charge in [-0.3, -0.25) is 0 Å². The van der Waals surface area contributed by atoms with E-state index in [4.69, 9.17) is 0 Å². The Bertz CT molecular complexity index is 497. The summed E-state index contributed by atoms with van der Waals surface area (Å²) in [6.07, 6.45) is -0.840. The van der Waals surface area contributed by atoms with Crippen molar-refractivity contribution < 1.29 is 10.2 Å². The largest absolute Gasteiger partial charge is 0.387 e. The molecule has 4 N–H and O–H groups in total. The highest BCUT2D eigenvalue weighted by Gasteiger charge is 2.13. The summed E-state index contributed by atoms with van der Waals surface area (Å²) < 4.78 is 0. The molecule has 24 heavy (non-hydrogen) atoms. The second-order valence-corrected chi connectivity index (χ2v) is 5.87. The lowest BCUT2D eigenvalue weighted by Crippen LogP contribution is -2.28. The van der Waals surface area contributed by atoms with Gasteiger partial charge >= 0.3 is 0 Å². The van der Waals surface area contributed by atoms with E-state index in [2.05, 4.69) is 10.6 Å². The monoisotopic (exact) mass is 330 g/mol. The summed E-state index contributed by atoms with van der Waals surface area (Å²) in [6, 6.07) is 19.5. The van der Waals surface area contributed by atoms with Crippen molar-refractivity contribution in [2.24, 2.45) is 0 Å². The van der Waals surface area contributed by atoms with Gasteiger partial charge in [0.1, 0.15) is 0 Å². The zero-order valence-corrected chi connectivity index (χ0v) is 15.0. The summed E-state index contributed by atoms with van der Waals surface area (Å²) >= 11 is 0. The predicted octanol–water partition coefficient (Wildman–Crippen LogP) is 2.66. The third-order valence-corrected chi connectivity index (χ3v) is 4.14. The summed E-state index contributed by atoms with van der Waals surface area (Å²) in [4.78, 5) is 0. The fourth-order valence-electron chi connectivity index (χ4n) is 2.19. The second kappa shape index (κ2) is 10.9. The van der Waals surface area contributed by atoms with E-state index >= 15 is 0 Å². The molecule has 0 fully saturated rings. The Morgan fingerprint density at radius 1 is 0.625 bits per heavy atom. The smallest absolute Gasteiger partial charge is 0.0940 e. The zero-order chi connectivity index (χ0) is 17.9. The minimum absolute atomic E-state index is 0.0902. The molecule has 4 heteroatoms. The van der Waals surface area contributed by atoms with E-state index in [1.165, 1.54) is 0 Å². The van der Waals surface area contributed by atoms with Gasteiger partial charge in [0.25, 0.3) is 0 Å². The van der Waals surface area contributed by atoms with Crippen LogP contribution in [0.15, 0.2) is 60.7 Å². The fourth-order valence-corrected chi connectivity index (χ4v) is 2.19. The third-order valence-electron chi connectivity index (χ3n) is 4.14. The molecule has 0 spiro atoms. The molecule has 0 radical (unpaired) electrons. The van der Waals surface area contributed by atoms with Crippen LogP contribution in [0.3, 0.4) is 0 Å². The van der Waals surface area contributed by atoms with Gasteiger partial charge in [-0.05, 0) is 39.1 Å². The average molecular weight is 330 g/mol. The lowest BCUT2D eigenvalue weighted by molar-refractivity contribution is 0.140. The van der Waals surface area contributed by atoms with E-state index in [1.54, 1.807) is 0 Å². The first-order chi connectivity index (χ1) is 11.5. The highest BCUT2D eigenvalue weighted by Crippen LogP contribution is 2.16. The highest BCUT2D eigenvalue weighted by molar-refractivity contribution is 5.19. The van der Waals surface area contributed by atoms with Crippen molar-refractivity contribution in [3.63, 3.8) is 0 Å². The molecule has 0 saturated heterocycles. The van der Waals surface area contributed by atoms with Crippen molar-refractivity contribution in [3.8, 4) is 0 Å². The van der Waals surface area contributed by atoms with Crippen LogP contribution in [0.2, 0.25) is 0 Å². The van der Waals surface area contributed by atoms with Crippen LogP contribution in [-0.4, -0.2) is 36.4 Å². The van der Waals surface area contributed by atoms with E-state index in [0.29, 0.717) is 0 Å². The predicted molar refractivity (Wildman–Crippen MR) is 99.8 cm³/mol. The number of hydrogen-bond donors (Lipinski definition) is 4. The van der Waals surface area contributed by atoms with Crippen LogP contribution in [0.4, 0.5) is 0 Å². The van der Waals surface area contributed by atoms with Gasteiger partial charge in [0.05, 0.1) is 12.2 Å². The zero-order valence-electron chi connectivity index (χ0n) is 15.0. The Hall–Kier alpha value is -1.72. The number of rotatable bonds is 6. The lowest BCUT2D eigenvalue weighted by Gasteiger charge is -2.17. The lowest BCUT2D eigenvalue weighted by atomic mass is 10.0. The summed E-state index contributed by atoms with van der Waals surface area (Å²) in [5.74, 6) is 0. The average Bonchev–Trinajstić information content (AvgIpc) is 2.67. The Balaban J connectivity index is 0.000000240. The molecule has 0 saturated carbocycles. The Kier molecular flexibility index (Phi) is 9.27. The Labute approximate surface area is 145 Å². The molecule has 0 aliphatic rings. The number of aliphatic hydroxyl groups is 2. The van der Waals surface area contributed by atoms with Gasteiger partial charge in [0.2, 0.25) is 0 Å². The quantitative estimate of drug-likeness (QED) is 0.657. The van der Waals surface area contributed by atoms with Gasteiger partial charge < -0.3 is 20.8 Å². The molecular formula is C20H30N2O2. The van der Waals surface area contributed by atoms with Crippen LogP contribution < -0.4 is 10.6 Å². The molecular weight excluding hydrogens is 300 g/mol. The first-order valence-corrected chi connectivity index (χ1v) is 8.31. The molecule has 0 aromatic heterocycles. The minimum atomic E-state index is -0.420. The maximum atomic E-state index is 9.73. The summed E-state index contributed by atoms with van der Waals surface area (Å²) in [5, 5.41) is 25.5. The van der Waals surface area contributed by atoms with Crippen molar-refractivity contribution in [2.75, 3.05) is 14.1 Å². The van der Waals surface area contributed by atoms with Crippen LogP contribution in [-0.2, 0) is 0 Å². The number of aliphatic hydroxyl groups excluding tert-OH is 2. The first kappa shape index (κ1) is 20.3. The van der Waals surface area contributed by atoms with E-state index in [-0.39, 0.29) is 12.1 Å². The van der Waals surface area contributed by atoms with Crippen LogP contribution in [0.1, 0.15) is 37.2 Å². The molecule has 2 aromatic rings. The molecule has 2 rings (SSSR count). The first-order valence-electron chi connectivity index (χ1n) is 8.31. The molecule has 4 atom stereocenters. The van der Waals surface area contributed by atoms with Crippen molar-refractivity contribution in [2.45, 2.75) is 38.1 Å². The van der Waals surface area contributed by atoms with Crippen molar-refractivity contribution >= 4 is 0 Å². The van der Waals surface area contributed by atoms with Gasteiger partial charge in [-0.25, -0.2) is 0 Å². The number of hydrogen-bond acceptors (Lipinski definition) is 4. The van der Waals surface area contributed by atoms with E-state index in [1.807, 2.05) is 88.6 Å². The minimum Gasteiger partial charge on any atom is -0.387 e. The number of benzene rings is 2. The molecule has 0 unspecified atom stereocenters. The normalized spacial score (nSPS) is 15.6. The van der Waals surface area contributed by atoms with Crippen molar-refractivity contribution in [1.82, 2.24) is 10.6 Å². The standard InChI is InChI=1S/2C10H15NO/c2*1-8(11-2)10(12)9-6-4-3-5-7-9/h2*3-8,10-12H,1-2H3/t2*8-,10-/m10/s1. The molecule has 132 valence electrons. The van der Waals surface area contributed by atoms with E-state index < -0.39 is 12.2 Å². The molecule has 0 amide bonds. The SMILES string of the molecule is CN[C@@H](C)[C@H](O)c1ccccc1.CN[C@H](C)[C@@H](O)c1ccccc1. The summed E-state index contributed by atoms with van der Waals surface area (Å²) in [5.41, 5.74) is 1.92. The summed E-state index contributed by atoms with van der Waals surface area (Å²) in [6.45, 7) is 3.91. The molecule has 4 nitrogen and oxygen atoms in total. The van der Waals surface area contributed by atoms with Gasteiger partial charge in [-0.15, -0.1) is 0 Å². The Morgan fingerprint density at radius 2 is 0.917 bits per heavy atom. The molecule has 0 bridgehead atoms. The van der Waals surface area contributed by atoms with Crippen molar-refractivity contribution in [3.05, 3.63) is 71.8 Å². The second-order valence-electron chi connectivity index (χ2n) is 5.87. The molecule has 0 aliphatic heterocycles. The fraction of sp³-hybridized carbons (Fsp3) is 0.400. The molecule has 0 heterocycles. The highest BCUT2D eigenvalue weighted by atomic mass is 16.3. The van der Waals surface area contributed by atoms with E-state index in [9.17, 15) is 10.2 Å². The Morgan fingerprint density at radius 3 is 1.17 bits per heavy atom. The number of likely N-dealkylation sites (N-methyl/N-ethyl adjacent to an activating group) is 2. The van der Waals surface area contributed by atoms with Gasteiger partial charge in [-0.1, -0.05) is 60.7 Å². The van der Waals surface area contributed by atoms with Crippen molar-refractivity contribution in [1.29, 1.82) is 0 Å². The van der Waals surface area contributed by atoms with Crippen LogP contribution >= 0.6 is 0 Å².